The van der Waals surface area contributed by atoms with Crippen molar-refractivity contribution in [3.8, 4) is 0 Å². The van der Waals surface area contributed by atoms with Crippen molar-refractivity contribution < 1.29 is 8.42 Å². The maximum atomic E-state index is 11.7. The number of nitrogens with one attached hydrogen (secondary N) is 2. The van der Waals surface area contributed by atoms with Gasteiger partial charge in [-0.3, -0.25) is 0 Å². The van der Waals surface area contributed by atoms with Crippen LogP contribution in [0.2, 0.25) is 0 Å². The Bertz CT molecular complexity index is 495. The summed E-state index contributed by atoms with van der Waals surface area (Å²) in [5, 5.41) is 11.0. The summed E-state index contributed by atoms with van der Waals surface area (Å²) in [6, 6.07) is 0.631. The Kier molecular flexibility index (Phi) is 4.89. The van der Waals surface area contributed by atoms with E-state index >= 15 is 0 Å². The molecule has 19 heavy (non-hydrogen) atoms. The Morgan fingerprint density at radius 3 is 2.84 bits per heavy atom. The van der Waals surface area contributed by atoms with Crippen LogP contribution in [0.3, 0.4) is 0 Å². The Morgan fingerprint density at radius 1 is 1.42 bits per heavy atom. The largest absolute Gasteiger partial charge is 0.321 e. The molecule has 108 valence electrons. The maximum Gasteiger partial charge on any atom is 0.211 e. The van der Waals surface area contributed by atoms with Gasteiger partial charge in [-0.2, -0.15) is 0 Å². The van der Waals surface area contributed by atoms with E-state index in [9.17, 15) is 8.42 Å². The van der Waals surface area contributed by atoms with Crippen molar-refractivity contribution in [2.75, 3.05) is 18.8 Å². The zero-order valence-electron chi connectivity index (χ0n) is 11.2. The Hall–Kier alpha value is -0.990. The highest BCUT2D eigenvalue weighted by Crippen LogP contribution is 2.18. The highest BCUT2D eigenvalue weighted by Gasteiger charge is 2.20. The SMILES string of the molecule is Cn1cnnc1CCNS(=O)(=O)CCCNC1CC1. The van der Waals surface area contributed by atoms with Gasteiger partial charge < -0.3 is 9.88 Å². The van der Waals surface area contributed by atoms with E-state index in [1.807, 2.05) is 7.05 Å². The molecule has 1 saturated carbocycles. The Labute approximate surface area is 113 Å². The number of rotatable bonds is 9. The predicted molar refractivity (Wildman–Crippen MR) is 72.1 cm³/mol. The van der Waals surface area contributed by atoms with Crippen LogP contribution >= 0.6 is 0 Å². The van der Waals surface area contributed by atoms with Gasteiger partial charge in [0.25, 0.3) is 0 Å². The van der Waals surface area contributed by atoms with Crippen LogP contribution in [0.15, 0.2) is 6.33 Å². The van der Waals surface area contributed by atoms with Gasteiger partial charge in [0.15, 0.2) is 0 Å². The molecular formula is C11H21N5O2S. The first kappa shape index (κ1) is 14.4. The molecule has 1 aliphatic carbocycles. The summed E-state index contributed by atoms with van der Waals surface area (Å²) in [6.45, 7) is 1.14. The molecule has 0 bridgehead atoms. The number of hydrogen-bond acceptors (Lipinski definition) is 5. The molecule has 0 aromatic carbocycles. The first-order chi connectivity index (χ1) is 9.07. The molecule has 7 nitrogen and oxygen atoms in total. The summed E-state index contributed by atoms with van der Waals surface area (Å²) in [7, 11) is -1.33. The van der Waals surface area contributed by atoms with E-state index in [1.54, 1.807) is 10.9 Å². The number of sulfonamides is 1. The monoisotopic (exact) mass is 287 g/mol. The molecular weight excluding hydrogens is 266 g/mol. The molecule has 2 N–H and O–H groups in total. The van der Waals surface area contributed by atoms with E-state index in [4.69, 9.17) is 0 Å². The lowest BCUT2D eigenvalue weighted by atomic mass is 10.4. The van der Waals surface area contributed by atoms with Crippen molar-refractivity contribution in [2.24, 2.45) is 7.05 Å². The van der Waals surface area contributed by atoms with Crippen molar-refractivity contribution in [3.05, 3.63) is 12.2 Å². The molecule has 0 unspecified atom stereocenters. The fourth-order valence-electron chi connectivity index (χ4n) is 1.78. The molecule has 2 rings (SSSR count). The van der Waals surface area contributed by atoms with Gasteiger partial charge in [0.05, 0.1) is 5.75 Å². The van der Waals surface area contributed by atoms with Crippen LogP contribution in [0.25, 0.3) is 0 Å². The number of aryl methyl sites for hydroxylation is 1. The van der Waals surface area contributed by atoms with Crippen molar-refractivity contribution in [3.63, 3.8) is 0 Å². The minimum atomic E-state index is -3.17. The average Bonchev–Trinajstić information content (AvgIpc) is 3.09. The standard InChI is InChI=1S/C11H21N5O2S/c1-16-9-13-15-11(16)5-7-14-19(17,18)8-2-6-12-10-3-4-10/h9-10,12,14H,2-8H2,1H3. The summed E-state index contributed by atoms with van der Waals surface area (Å²) in [5.74, 6) is 0.948. The van der Waals surface area contributed by atoms with Crippen LogP contribution in [0, 0.1) is 0 Å². The summed E-state index contributed by atoms with van der Waals surface area (Å²) in [4.78, 5) is 0. The summed E-state index contributed by atoms with van der Waals surface area (Å²) in [5.41, 5.74) is 0. The van der Waals surface area contributed by atoms with Gasteiger partial charge in [-0.1, -0.05) is 0 Å². The normalized spacial score (nSPS) is 15.8. The molecule has 1 aliphatic rings. The first-order valence-electron chi connectivity index (χ1n) is 6.60. The quantitative estimate of drug-likeness (QED) is 0.593. The fraction of sp³-hybridized carbons (Fsp3) is 0.818. The van der Waals surface area contributed by atoms with Crippen LogP contribution in [-0.2, 0) is 23.5 Å². The second-order valence-corrected chi connectivity index (χ2v) is 6.83. The summed E-state index contributed by atoms with van der Waals surface area (Å²) < 4.78 is 27.8. The smallest absolute Gasteiger partial charge is 0.211 e. The topological polar surface area (TPSA) is 88.9 Å². The van der Waals surface area contributed by atoms with Crippen LogP contribution in [0.4, 0.5) is 0 Å². The highest BCUT2D eigenvalue weighted by atomic mass is 32.2. The van der Waals surface area contributed by atoms with Crippen molar-refractivity contribution in [1.82, 2.24) is 24.8 Å². The van der Waals surface area contributed by atoms with Crippen LogP contribution in [0.1, 0.15) is 25.1 Å². The van der Waals surface area contributed by atoms with Crippen LogP contribution in [-0.4, -0.2) is 48.1 Å². The molecule has 0 spiro atoms. The predicted octanol–water partition coefficient (Wildman–Crippen LogP) is -0.581. The second kappa shape index (κ2) is 6.44. The zero-order valence-corrected chi connectivity index (χ0v) is 12.0. The Balaban J connectivity index is 1.61. The average molecular weight is 287 g/mol. The van der Waals surface area contributed by atoms with E-state index in [0.29, 0.717) is 25.4 Å². The molecule has 1 fully saturated rings. The maximum absolute atomic E-state index is 11.7. The van der Waals surface area contributed by atoms with Gasteiger partial charge in [-0.05, 0) is 25.8 Å². The highest BCUT2D eigenvalue weighted by molar-refractivity contribution is 7.89. The van der Waals surface area contributed by atoms with E-state index in [-0.39, 0.29) is 5.75 Å². The molecule has 0 amide bonds. The van der Waals surface area contributed by atoms with Gasteiger partial charge in [0.2, 0.25) is 10.0 Å². The van der Waals surface area contributed by atoms with E-state index < -0.39 is 10.0 Å². The Morgan fingerprint density at radius 2 is 2.21 bits per heavy atom. The van der Waals surface area contributed by atoms with E-state index in [1.165, 1.54) is 12.8 Å². The number of nitrogens with zero attached hydrogens (tertiary/aromatic N) is 3. The molecule has 8 heteroatoms. The van der Waals surface area contributed by atoms with Crippen molar-refractivity contribution in [2.45, 2.75) is 31.7 Å². The zero-order chi connectivity index (χ0) is 13.7. The summed E-state index contributed by atoms with van der Waals surface area (Å²) in [6.07, 6.45) is 5.25. The van der Waals surface area contributed by atoms with E-state index in [2.05, 4.69) is 20.2 Å². The first-order valence-corrected chi connectivity index (χ1v) is 8.26. The molecule has 1 aromatic heterocycles. The fourth-order valence-corrected chi connectivity index (χ4v) is 2.86. The lowest BCUT2D eigenvalue weighted by Gasteiger charge is -2.07. The molecule has 0 aliphatic heterocycles. The molecule has 0 atom stereocenters. The van der Waals surface area contributed by atoms with Gasteiger partial charge in [0.1, 0.15) is 12.2 Å². The second-order valence-electron chi connectivity index (χ2n) is 4.90. The molecule has 1 heterocycles. The minimum Gasteiger partial charge on any atom is -0.321 e. The lowest BCUT2D eigenvalue weighted by molar-refractivity contribution is 0.573. The third-order valence-electron chi connectivity index (χ3n) is 3.08. The van der Waals surface area contributed by atoms with Crippen LogP contribution < -0.4 is 10.0 Å². The van der Waals surface area contributed by atoms with Gasteiger partial charge in [-0.25, -0.2) is 13.1 Å². The van der Waals surface area contributed by atoms with E-state index in [0.717, 1.165) is 12.4 Å². The molecule has 1 aromatic rings. The van der Waals surface area contributed by atoms with Crippen molar-refractivity contribution >= 4 is 10.0 Å². The third-order valence-corrected chi connectivity index (χ3v) is 4.55. The van der Waals surface area contributed by atoms with Crippen molar-refractivity contribution in [1.29, 1.82) is 0 Å². The number of hydrogen-bond donors (Lipinski definition) is 2. The van der Waals surface area contributed by atoms with Crippen LogP contribution in [0.5, 0.6) is 0 Å². The summed E-state index contributed by atoms with van der Waals surface area (Å²) >= 11 is 0. The molecule has 0 saturated heterocycles. The van der Waals surface area contributed by atoms with Gasteiger partial charge in [-0.15, -0.1) is 10.2 Å². The lowest BCUT2D eigenvalue weighted by Crippen LogP contribution is -2.30. The van der Waals surface area contributed by atoms with Gasteiger partial charge >= 0.3 is 0 Å². The minimum absolute atomic E-state index is 0.172. The molecule has 0 radical (unpaired) electrons. The van der Waals surface area contributed by atoms with Gasteiger partial charge in [0, 0.05) is 26.1 Å². The third kappa shape index (κ3) is 5.25. The number of aromatic nitrogens is 3.